The SMILES string of the molecule is COC(=O)c1ccccc1CNC(C)c1ccc(C)o1. The summed E-state index contributed by atoms with van der Waals surface area (Å²) in [5.74, 6) is 1.46. The van der Waals surface area contributed by atoms with Crippen molar-refractivity contribution in [1.29, 1.82) is 0 Å². The number of carbonyl (C=O) groups excluding carboxylic acids is 1. The summed E-state index contributed by atoms with van der Waals surface area (Å²) in [6.45, 7) is 4.52. The Balaban J connectivity index is 2.05. The lowest BCUT2D eigenvalue weighted by atomic mass is 10.1. The molecule has 2 rings (SSSR count). The quantitative estimate of drug-likeness (QED) is 0.850. The van der Waals surface area contributed by atoms with Crippen LogP contribution in [0.25, 0.3) is 0 Å². The van der Waals surface area contributed by atoms with E-state index in [4.69, 9.17) is 9.15 Å². The first-order valence-electron chi connectivity index (χ1n) is 6.57. The zero-order chi connectivity index (χ0) is 14.5. The molecule has 1 aromatic heterocycles. The number of methoxy groups -OCH3 is 1. The number of benzene rings is 1. The van der Waals surface area contributed by atoms with Gasteiger partial charge in [0.25, 0.3) is 0 Å². The number of carbonyl (C=O) groups is 1. The molecule has 1 aromatic carbocycles. The first kappa shape index (κ1) is 14.3. The number of furan rings is 1. The van der Waals surface area contributed by atoms with Crippen LogP contribution in [0.4, 0.5) is 0 Å². The molecule has 1 heterocycles. The molecule has 0 saturated heterocycles. The molecule has 2 aromatic rings. The third kappa shape index (κ3) is 3.27. The van der Waals surface area contributed by atoms with Gasteiger partial charge in [0.2, 0.25) is 0 Å². The van der Waals surface area contributed by atoms with Crippen molar-refractivity contribution in [1.82, 2.24) is 5.32 Å². The molecule has 0 aliphatic rings. The van der Waals surface area contributed by atoms with E-state index in [-0.39, 0.29) is 12.0 Å². The first-order valence-corrected chi connectivity index (χ1v) is 6.57. The predicted molar refractivity (Wildman–Crippen MR) is 76.5 cm³/mol. The molecule has 1 unspecified atom stereocenters. The van der Waals surface area contributed by atoms with E-state index in [0.29, 0.717) is 12.1 Å². The molecule has 0 aliphatic carbocycles. The molecule has 4 nitrogen and oxygen atoms in total. The molecule has 1 N–H and O–H groups in total. The van der Waals surface area contributed by atoms with Gasteiger partial charge in [0, 0.05) is 6.54 Å². The molecular formula is C16H19NO3. The van der Waals surface area contributed by atoms with Gasteiger partial charge >= 0.3 is 5.97 Å². The minimum atomic E-state index is -0.316. The Hall–Kier alpha value is -2.07. The molecule has 4 heteroatoms. The van der Waals surface area contributed by atoms with Crippen molar-refractivity contribution in [2.45, 2.75) is 26.4 Å². The maximum absolute atomic E-state index is 11.7. The van der Waals surface area contributed by atoms with Crippen LogP contribution in [0.2, 0.25) is 0 Å². The molecule has 1 atom stereocenters. The fourth-order valence-electron chi connectivity index (χ4n) is 2.03. The van der Waals surface area contributed by atoms with Gasteiger partial charge in [0.15, 0.2) is 0 Å². The minimum Gasteiger partial charge on any atom is -0.465 e. The lowest BCUT2D eigenvalue weighted by Crippen LogP contribution is -2.19. The fraction of sp³-hybridized carbons (Fsp3) is 0.312. The third-order valence-electron chi connectivity index (χ3n) is 3.21. The number of esters is 1. The highest BCUT2D eigenvalue weighted by atomic mass is 16.5. The summed E-state index contributed by atoms with van der Waals surface area (Å²) >= 11 is 0. The number of hydrogen-bond acceptors (Lipinski definition) is 4. The normalized spacial score (nSPS) is 12.2. The van der Waals surface area contributed by atoms with Crippen LogP contribution in [-0.2, 0) is 11.3 Å². The highest BCUT2D eigenvalue weighted by Gasteiger charge is 2.13. The summed E-state index contributed by atoms with van der Waals surface area (Å²) in [5, 5.41) is 3.35. The average molecular weight is 273 g/mol. The fourth-order valence-corrected chi connectivity index (χ4v) is 2.03. The second-order valence-corrected chi connectivity index (χ2v) is 4.70. The molecule has 0 radical (unpaired) electrons. The Morgan fingerprint density at radius 2 is 2.05 bits per heavy atom. The first-order chi connectivity index (χ1) is 9.61. The average Bonchev–Trinajstić information content (AvgIpc) is 2.91. The van der Waals surface area contributed by atoms with Crippen LogP contribution in [0.1, 0.15) is 40.4 Å². The standard InChI is InChI=1S/C16H19NO3/c1-11-8-9-15(20-11)12(2)17-10-13-6-4-5-7-14(13)16(18)19-3/h4-9,12,17H,10H2,1-3H3. The third-order valence-corrected chi connectivity index (χ3v) is 3.21. The summed E-state index contributed by atoms with van der Waals surface area (Å²) in [6, 6.07) is 11.4. The highest BCUT2D eigenvalue weighted by Crippen LogP contribution is 2.17. The van der Waals surface area contributed by atoms with Crippen molar-refractivity contribution in [3.05, 3.63) is 59.0 Å². The summed E-state index contributed by atoms with van der Waals surface area (Å²) in [4.78, 5) is 11.7. The lowest BCUT2D eigenvalue weighted by Gasteiger charge is -2.13. The Morgan fingerprint density at radius 1 is 1.30 bits per heavy atom. The molecule has 20 heavy (non-hydrogen) atoms. The van der Waals surface area contributed by atoms with Gasteiger partial charge in [-0.2, -0.15) is 0 Å². The largest absolute Gasteiger partial charge is 0.465 e. The Kier molecular flexibility index (Phi) is 4.58. The number of aryl methyl sites for hydroxylation is 1. The predicted octanol–water partition coefficient (Wildman–Crippen LogP) is 3.23. The van der Waals surface area contributed by atoms with Gasteiger partial charge < -0.3 is 14.5 Å². The minimum absolute atomic E-state index is 0.0782. The van der Waals surface area contributed by atoms with E-state index in [9.17, 15) is 4.79 Å². The highest BCUT2D eigenvalue weighted by molar-refractivity contribution is 5.90. The van der Waals surface area contributed by atoms with E-state index in [1.54, 1.807) is 6.07 Å². The lowest BCUT2D eigenvalue weighted by molar-refractivity contribution is 0.0599. The summed E-state index contributed by atoms with van der Waals surface area (Å²) in [7, 11) is 1.39. The molecule has 106 valence electrons. The van der Waals surface area contributed by atoms with Crippen molar-refractivity contribution >= 4 is 5.97 Å². The maximum Gasteiger partial charge on any atom is 0.338 e. The van der Waals surface area contributed by atoms with Crippen molar-refractivity contribution in [2.75, 3.05) is 7.11 Å². The van der Waals surface area contributed by atoms with E-state index in [2.05, 4.69) is 5.32 Å². The molecule has 0 saturated carbocycles. The van der Waals surface area contributed by atoms with Gasteiger partial charge in [0.05, 0.1) is 18.7 Å². The van der Waals surface area contributed by atoms with Crippen molar-refractivity contribution < 1.29 is 13.9 Å². The van der Waals surface area contributed by atoms with Gasteiger partial charge in [-0.15, -0.1) is 0 Å². The topological polar surface area (TPSA) is 51.5 Å². The number of nitrogens with one attached hydrogen (secondary N) is 1. The number of rotatable bonds is 5. The molecule has 0 spiro atoms. The Labute approximate surface area is 118 Å². The zero-order valence-electron chi connectivity index (χ0n) is 12.0. The van der Waals surface area contributed by atoms with Gasteiger partial charge in [-0.3, -0.25) is 0 Å². The molecule has 0 fully saturated rings. The van der Waals surface area contributed by atoms with Crippen LogP contribution < -0.4 is 5.32 Å². The van der Waals surface area contributed by atoms with Gasteiger partial charge in [-0.1, -0.05) is 18.2 Å². The van der Waals surface area contributed by atoms with E-state index >= 15 is 0 Å². The van der Waals surface area contributed by atoms with Gasteiger partial charge in [-0.05, 0) is 37.6 Å². The van der Waals surface area contributed by atoms with Crippen molar-refractivity contribution in [3.8, 4) is 0 Å². The molecule has 0 amide bonds. The molecule has 0 bridgehead atoms. The maximum atomic E-state index is 11.7. The van der Waals surface area contributed by atoms with Crippen molar-refractivity contribution in [2.24, 2.45) is 0 Å². The van der Waals surface area contributed by atoms with E-state index in [0.717, 1.165) is 17.1 Å². The van der Waals surface area contributed by atoms with Crippen LogP contribution in [0.5, 0.6) is 0 Å². The van der Waals surface area contributed by atoms with Crippen LogP contribution in [0, 0.1) is 6.92 Å². The van der Waals surface area contributed by atoms with Crippen molar-refractivity contribution in [3.63, 3.8) is 0 Å². The van der Waals surface area contributed by atoms with Gasteiger partial charge in [0.1, 0.15) is 11.5 Å². The van der Waals surface area contributed by atoms with Crippen LogP contribution in [0.15, 0.2) is 40.8 Å². The Morgan fingerprint density at radius 3 is 2.70 bits per heavy atom. The van der Waals surface area contributed by atoms with Gasteiger partial charge in [-0.25, -0.2) is 4.79 Å². The van der Waals surface area contributed by atoms with Crippen LogP contribution >= 0.6 is 0 Å². The van der Waals surface area contributed by atoms with E-state index in [1.807, 2.05) is 44.2 Å². The smallest absolute Gasteiger partial charge is 0.338 e. The molecule has 0 aliphatic heterocycles. The van der Waals surface area contributed by atoms with Crippen LogP contribution in [0.3, 0.4) is 0 Å². The summed E-state index contributed by atoms with van der Waals surface area (Å²) in [6.07, 6.45) is 0. The zero-order valence-corrected chi connectivity index (χ0v) is 12.0. The van der Waals surface area contributed by atoms with E-state index < -0.39 is 0 Å². The second-order valence-electron chi connectivity index (χ2n) is 4.70. The number of ether oxygens (including phenoxy) is 1. The van der Waals surface area contributed by atoms with Crippen LogP contribution in [-0.4, -0.2) is 13.1 Å². The summed E-state index contributed by atoms with van der Waals surface area (Å²) in [5.41, 5.74) is 1.50. The monoisotopic (exact) mass is 273 g/mol. The second kappa shape index (κ2) is 6.39. The summed E-state index contributed by atoms with van der Waals surface area (Å²) < 4.78 is 10.4. The van der Waals surface area contributed by atoms with E-state index in [1.165, 1.54) is 7.11 Å². The Bertz CT molecular complexity index is 589. The number of hydrogen-bond donors (Lipinski definition) is 1. The molecular weight excluding hydrogens is 254 g/mol.